The minimum absolute atomic E-state index is 0.131. The second kappa shape index (κ2) is 5.66. The topological polar surface area (TPSA) is 92.4 Å². The van der Waals surface area contributed by atoms with Gasteiger partial charge in [-0.25, -0.2) is 0 Å². The first kappa shape index (κ1) is 12.6. The van der Waals surface area contributed by atoms with Crippen molar-refractivity contribution in [3.8, 4) is 0 Å². The minimum atomic E-state index is -0.813. The van der Waals surface area contributed by atoms with Crippen molar-refractivity contribution < 1.29 is 19.2 Å². The lowest BCUT2D eigenvalue weighted by Gasteiger charge is -2.01. The van der Waals surface area contributed by atoms with Crippen LogP contribution in [0.5, 0.6) is 0 Å². The Labute approximate surface area is 104 Å². The molecule has 1 saturated carbocycles. The first-order valence-corrected chi connectivity index (χ1v) is 6.13. The fourth-order valence-corrected chi connectivity index (χ4v) is 1.65. The van der Waals surface area contributed by atoms with E-state index in [1.54, 1.807) is 6.07 Å². The summed E-state index contributed by atoms with van der Waals surface area (Å²) in [5.41, 5.74) is 0.301. The van der Waals surface area contributed by atoms with Crippen LogP contribution in [0.15, 0.2) is 10.6 Å². The van der Waals surface area contributed by atoms with Crippen LogP contribution in [0.1, 0.15) is 54.3 Å². The van der Waals surface area contributed by atoms with Crippen LogP contribution in [0.3, 0.4) is 0 Å². The summed E-state index contributed by atoms with van der Waals surface area (Å²) in [6, 6.07) is 1.68. The van der Waals surface area contributed by atoms with Crippen LogP contribution in [0, 0.1) is 0 Å². The lowest BCUT2D eigenvalue weighted by atomic mass is 10.2. The largest absolute Gasteiger partial charge is 0.481 e. The summed E-state index contributed by atoms with van der Waals surface area (Å²) in [5, 5.41) is 14.9. The molecule has 0 saturated heterocycles. The molecular formula is C12H16N2O4. The van der Waals surface area contributed by atoms with Crippen LogP contribution in [0.2, 0.25) is 0 Å². The number of rotatable bonds is 7. The molecule has 1 aliphatic carbocycles. The molecular weight excluding hydrogens is 236 g/mol. The molecule has 0 atom stereocenters. The lowest BCUT2D eigenvalue weighted by molar-refractivity contribution is -0.137. The molecule has 1 fully saturated rings. The van der Waals surface area contributed by atoms with Crippen molar-refractivity contribution in [1.82, 2.24) is 10.5 Å². The first-order valence-electron chi connectivity index (χ1n) is 6.13. The Balaban J connectivity index is 1.68. The van der Waals surface area contributed by atoms with Crippen molar-refractivity contribution in [2.24, 2.45) is 0 Å². The van der Waals surface area contributed by atoms with Crippen molar-refractivity contribution in [2.45, 2.75) is 38.0 Å². The Hall–Kier alpha value is -1.85. The molecule has 0 aliphatic heterocycles. The Morgan fingerprint density at radius 2 is 2.22 bits per heavy atom. The molecule has 6 heteroatoms. The third-order valence-electron chi connectivity index (χ3n) is 2.84. The standard InChI is InChI=1S/C12H16N2O4/c15-11(16)3-1-2-6-13-12(17)9-7-10(18-14-9)8-4-5-8/h7-8H,1-6H2,(H,13,17)(H,15,16). The van der Waals surface area contributed by atoms with E-state index >= 15 is 0 Å². The monoisotopic (exact) mass is 252 g/mol. The summed E-state index contributed by atoms with van der Waals surface area (Å²) in [6.45, 7) is 0.456. The lowest BCUT2D eigenvalue weighted by Crippen LogP contribution is -2.24. The van der Waals surface area contributed by atoms with E-state index in [4.69, 9.17) is 9.63 Å². The van der Waals surface area contributed by atoms with Gasteiger partial charge in [-0.3, -0.25) is 9.59 Å². The quantitative estimate of drug-likeness (QED) is 0.718. The van der Waals surface area contributed by atoms with Gasteiger partial charge in [0.2, 0.25) is 0 Å². The van der Waals surface area contributed by atoms with E-state index in [1.165, 1.54) is 0 Å². The van der Waals surface area contributed by atoms with E-state index in [2.05, 4.69) is 10.5 Å². The molecule has 0 unspecified atom stereocenters. The molecule has 1 aliphatic rings. The fraction of sp³-hybridized carbons (Fsp3) is 0.583. The molecule has 0 bridgehead atoms. The minimum Gasteiger partial charge on any atom is -0.481 e. The highest BCUT2D eigenvalue weighted by Gasteiger charge is 2.28. The fourth-order valence-electron chi connectivity index (χ4n) is 1.65. The summed E-state index contributed by atoms with van der Waals surface area (Å²) in [7, 11) is 0. The Bertz CT molecular complexity index is 437. The third kappa shape index (κ3) is 3.58. The van der Waals surface area contributed by atoms with Gasteiger partial charge in [0.25, 0.3) is 5.91 Å². The van der Waals surface area contributed by atoms with E-state index in [0.29, 0.717) is 31.0 Å². The molecule has 1 heterocycles. The Morgan fingerprint density at radius 3 is 2.89 bits per heavy atom. The Morgan fingerprint density at radius 1 is 1.44 bits per heavy atom. The summed E-state index contributed by atoms with van der Waals surface area (Å²) in [6.07, 6.45) is 3.54. The number of aliphatic carboxylic acids is 1. The average Bonchev–Trinajstić information content (AvgIpc) is 3.06. The van der Waals surface area contributed by atoms with Gasteiger partial charge in [-0.1, -0.05) is 5.16 Å². The SMILES string of the molecule is O=C(O)CCCCNC(=O)c1cc(C2CC2)on1. The molecule has 98 valence electrons. The van der Waals surface area contributed by atoms with Crippen molar-refractivity contribution in [3.63, 3.8) is 0 Å². The molecule has 6 nitrogen and oxygen atoms in total. The van der Waals surface area contributed by atoms with Gasteiger partial charge in [-0.05, 0) is 25.7 Å². The number of hydrogen-bond donors (Lipinski definition) is 2. The average molecular weight is 252 g/mol. The maximum absolute atomic E-state index is 11.6. The molecule has 1 aromatic rings. The zero-order chi connectivity index (χ0) is 13.0. The van der Waals surface area contributed by atoms with E-state index in [0.717, 1.165) is 18.6 Å². The highest BCUT2D eigenvalue weighted by Crippen LogP contribution is 2.40. The van der Waals surface area contributed by atoms with E-state index < -0.39 is 5.97 Å². The van der Waals surface area contributed by atoms with Crippen LogP contribution >= 0.6 is 0 Å². The van der Waals surface area contributed by atoms with Gasteiger partial charge in [0.1, 0.15) is 5.76 Å². The van der Waals surface area contributed by atoms with E-state index in [1.807, 2.05) is 0 Å². The van der Waals surface area contributed by atoms with Crippen LogP contribution in [-0.4, -0.2) is 28.7 Å². The summed E-state index contributed by atoms with van der Waals surface area (Å²) < 4.78 is 5.08. The van der Waals surface area contributed by atoms with Crippen molar-refractivity contribution in [2.75, 3.05) is 6.54 Å². The van der Waals surface area contributed by atoms with Gasteiger partial charge in [0.15, 0.2) is 5.69 Å². The van der Waals surface area contributed by atoms with E-state index in [9.17, 15) is 9.59 Å². The maximum Gasteiger partial charge on any atom is 0.303 e. The first-order chi connectivity index (χ1) is 8.66. The molecule has 1 amide bonds. The van der Waals surface area contributed by atoms with Crippen LogP contribution in [0.25, 0.3) is 0 Å². The zero-order valence-corrected chi connectivity index (χ0v) is 10.0. The number of carbonyl (C=O) groups is 2. The smallest absolute Gasteiger partial charge is 0.303 e. The van der Waals surface area contributed by atoms with Gasteiger partial charge in [0, 0.05) is 24.9 Å². The predicted octanol–water partition coefficient (Wildman–Crippen LogP) is 1.54. The van der Waals surface area contributed by atoms with Gasteiger partial charge < -0.3 is 14.9 Å². The number of carboxylic acid groups (broad SMARTS) is 1. The normalized spacial score (nSPS) is 14.4. The Kier molecular flexibility index (Phi) is 3.96. The zero-order valence-electron chi connectivity index (χ0n) is 10.0. The van der Waals surface area contributed by atoms with Gasteiger partial charge >= 0.3 is 5.97 Å². The van der Waals surface area contributed by atoms with Crippen LogP contribution in [0.4, 0.5) is 0 Å². The van der Waals surface area contributed by atoms with Crippen LogP contribution < -0.4 is 5.32 Å². The van der Waals surface area contributed by atoms with Gasteiger partial charge in [-0.15, -0.1) is 0 Å². The third-order valence-corrected chi connectivity index (χ3v) is 2.84. The molecule has 0 spiro atoms. The second-order valence-electron chi connectivity index (χ2n) is 4.50. The summed E-state index contributed by atoms with van der Waals surface area (Å²) >= 11 is 0. The van der Waals surface area contributed by atoms with Gasteiger partial charge in [0.05, 0.1) is 0 Å². The highest BCUT2D eigenvalue weighted by molar-refractivity contribution is 5.92. The summed E-state index contributed by atoms with van der Waals surface area (Å²) in [4.78, 5) is 21.9. The molecule has 0 aromatic carbocycles. The maximum atomic E-state index is 11.6. The molecule has 18 heavy (non-hydrogen) atoms. The number of carboxylic acids is 1. The number of aromatic nitrogens is 1. The number of carbonyl (C=O) groups excluding carboxylic acids is 1. The number of hydrogen-bond acceptors (Lipinski definition) is 4. The summed E-state index contributed by atoms with van der Waals surface area (Å²) in [5.74, 6) is 0.147. The molecule has 2 N–H and O–H groups in total. The van der Waals surface area contributed by atoms with Crippen molar-refractivity contribution >= 4 is 11.9 Å². The molecule has 0 radical (unpaired) electrons. The highest BCUT2D eigenvalue weighted by atomic mass is 16.5. The second-order valence-corrected chi connectivity index (χ2v) is 4.50. The van der Waals surface area contributed by atoms with Gasteiger partial charge in [-0.2, -0.15) is 0 Å². The van der Waals surface area contributed by atoms with E-state index in [-0.39, 0.29) is 12.3 Å². The van der Waals surface area contributed by atoms with Crippen LogP contribution in [-0.2, 0) is 4.79 Å². The van der Waals surface area contributed by atoms with Crippen molar-refractivity contribution in [3.05, 3.63) is 17.5 Å². The molecule has 2 rings (SSSR count). The number of amides is 1. The number of nitrogens with one attached hydrogen (secondary N) is 1. The molecule has 1 aromatic heterocycles. The number of nitrogens with zero attached hydrogens (tertiary/aromatic N) is 1. The predicted molar refractivity (Wildman–Crippen MR) is 62.3 cm³/mol. The van der Waals surface area contributed by atoms with Crippen molar-refractivity contribution in [1.29, 1.82) is 0 Å². The number of unbranched alkanes of at least 4 members (excludes halogenated alkanes) is 1.